The second-order valence-electron chi connectivity index (χ2n) is 5.99. The third-order valence-corrected chi connectivity index (χ3v) is 4.27. The molecule has 1 N–H and O–H groups in total. The quantitative estimate of drug-likeness (QED) is 0.908. The molecule has 2 saturated carbocycles. The molecule has 1 heterocycles. The highest BCUT2D eigenvalue weighted by Gasteiger charge is 2.27. The van der Waals surface area contributed by atoms with Crippen LogP contribution in [0.25, 0.3) is 0 Å². The largest absolute Gasteiger partial charge is 0.460 e. The summed E-state index contributed by atoms with van der Waals surface area (Å²) in [5, 5.41) is 3.64. The van der Waals surface area contributed by atoms with E-state index in [1.165, 1.54) is 25.2 Å². The molecule has 0 unspecified atom stereocenters. The van der Waals surface area contributed by atoms with Gasteiger partial charge in [0.05, 0.1) is 17.4 Å². The Labute approximate surface area is 129 Å². The highest BCUT2D eigenvalue weighted by molar-refractivity contribution is 6.30. The summed E-state index contributed by atoms with van der Waals surface area (Å²) in [5.41, 5.74) is 0. The van der Waals surface area contributed by atoms with Gasteiger partial charge in [0.1, 0.15) is 6.10 Å². The van der Waals surface area contributed by atoms with Crippen molar-refractivity contribution >= 4 is 17.5 Å². The van der Waals surface area contributed by atoms with Crippen molar-refractivity contribution in [2.45, 2.75) is 57.1 Å². The number of amides is 1. The molecule has 2 fully saturated rings. The van der Waals surface area contributed by atoms with Gasteiger partial charge in [-0.25, -0.2) is 9.97 Å². The predicted octanol–water partition coefficient (Wildman–Crippen LogP) is 2.74. The first-order valence-electron chi connectivity index (χ1n) is 7.62. The van der Waals surface area contributed by atoms with Crippen LogP contribution >= 0.6 is 11.6 Å². The zero-order valence-corrected chi connectivity index (χ0v) is 12.7. The van der Waals surface area contributed by atoms with E-state index in [0.29, 0.717) is 29.4 Å². The topological polar surface area (TPSA) is 64.1 Å². The number of hydrogen-bond donors (Lipinski definition) is 1. The van der Waals surface area contributed by atoms with Gasteiger partial charge >= 0.3 is 6.01 Å². The number of halogens is 1. The minimum absolute atomic E-state index is 0.128. The van der Waals surface area contributed by atoms with Gasteiger partial charge in [-0.15, -0.1) is 0 Å². The second kappa shape index (κ2) is 6.60. The summed E-state index contributed by atoms with van der Waals surface area (Å²) in [6, 6.07) is 0.669. The van der Waals surface area contributed by atoms with Crippen molar-refractivity contribution in [2.24, 2.45) is 5.92 Å². The monoisotopic (exact) mass is 309 g/mol. The number of hydrogen-bond acceptors (Lipinski definition) is 4. The lowest BCUT2D eigenvalue weighted by Gasteiger charge is -2.28. The van der Waals surface area contributed by atoms with E-state index in [4.69, 9.17) is 16.3 Å². The van der Waals surface area contributed by atoms with E-state index < -0.39 is 0 Å². The van der Waals surface area contributed by atoms with Crippen LogP contribution in [-0.2, 0) is 4.79 Å². The molecule has 0 atom stereocenters. The van der Waals surface area contributed by atoms with Crippen LogP contribution in [-0.4, -0.2) is 28.0 Å². The van der Waals surface area contributed by atoms with Gasteiger partial charge in [0, 0.05) is 12.5 Å². The molecule has 1 amide bonds. The Bertz CT molecular complexity index is 482. The van der Waals surface area contributed by atoms with Gasteiger partial charge in [0.2, 0.25) is 5.91 Å². The Balaban J connectivity index is 1.40. The van der Waals surface area contributed by atoms with Gasteiger partial charge < -0.3 is 10.1 Å². The van der Waals surface area contributed by atoms with Crippen molar-refractivity contribution in [3.63, 3.8) is 0 Å². The molecule has 21 heavy (non-hydrogen) atoms. The van der Waals surface area contributed by atoms with E-state index in [0.717, 1.165) is 25.7 Å². The molecule has 0 aliphatic heterocycles. The van der Waals surface area contributed by atoms with Crippen LogP contribution in [0.2, 0.25) is 5.02 Å². The normalized spacial score (nSPS) is 25.4. The lowest BCUT2D eigenvalue weighted by Crippen LogP contribution is -2.39. The number of carbonyl (C=O) groups excluding carboxylic acids is 1. The van der Waals surface area contributed by atoms with Gasteiger partial charge in [-0.2, -0.15) is 0 Å². The zero-order valence-electron chi connectivity index (χ0n) is 11.9. The standard InChI is InChI=1S/C15H20ClN3O2/c16-11-8-17-15(18-9-11)21-13-5-3-12(4-6-13)19-14(20)7-10-1-2-10/h8-10,12-13H,1-7H2,(H,19,20). The molecular weight excluding hydrogens is 290 g/mol. The van der Waals surface area contributed by atoms with E-state index in [9.17, 15) is 4.79 Å². The summed E-state index contributed by atoms with van der Waals surface area (Å²) >= 11 is 5.74. The van der Waals surface area contributed by atoms with E-state index in [2.05, 4.69) is 15.3 Å². The molecule has 6 heteroatoms. The van der Waals surface area contributed by atoms with Crippen LogP contribution in [0, 0.1) is 5.92 Å². The molecule has 2 aliphatic rings. The first kappa shape index (κ1) is 14.6. The number of ether oxygens (including phenoxy) is 1. The van der Waals surface area contributed by atoms with Crippen LogP contribution in [0.4, 0.5) is 0 Å². The molecule has 0 saturated heterocycles. The first-order chi connectivity index (χ1) is 10.2. The highest BCUT2D eigenvalue weighted by Crippen LogP contribution is 2.32. The number of rotatable bonds is 5. The fraction of sp³-hybridized carbons (Fsp3) is 0.667. The summed E-state index contributed by atoms with van der Waals surface area (Å²) in [5.74, 6) is 0.856. The highest BCUT2D eigenvalue weighted by atomic mass is 35.5. The SMILES string of the molecule is O=C(CC1CC1)NC1CCC(Oc2ncc(Cl)cn2)CC1. The van der Waals surface area contributed by atoms with Gasteiger partial charge in [0.25, 0.3) is 0 Å². The van der Waals surface area contributed by atoms with Gasteiger partial charge in [-0.1, -0.05) is 11.6 Å². The first-order valence-corrected chi connectivity index (χ1v) is 8.00. The van der Waals surface area contributed by atoms with Crippen molar-refractivity contribution in [3.8, 4) is 6.01 Å². The Kier molecular flexibility index (Phi) is 4.58. The summed E-state index contributed by atoms with van der Waals surface area (Å²) in [6.07, 6.45) is 10.1. The molecule has 3 rings (SSSR count). The summed E-state index contributed by atoms with van der Waals surface area (Å²) in [6.45, 7) is 0. The summed E-state index contributed by atoms with van der Waals surface area (Å²) in [4.78, 5) is 19.9. The average Bonchev–Trinajstić information content (AvgIpc) is 3.27. The molecule has 0 spiro atoms. The third-order valence-electron chi connectivity index (χ3n) is 4.08. The van der Waals surface area contributed by atoms with Crippen LogP contribution in [0.15, 0.2) is 12.4 Å². The molecule has 0 radical (unpaired) electrons. The van der Waals surface area contributed by atoms with Crippen molar-refractivity contribution in [2.75, 3.05) is 0 Å². The Morgan fingerprint density at radius 2 is 1.86 bits per heavy atom. The minimum Gasteiger partial charge on any atom is -0.460 e. The van der Waals surface area contributed by atoms with E-state index in [1.807, 2.05) is 0 Å². The molecule has 0 bridgehead atoms. The molecule has 0 aromatic carbocycles. The van der Waals surface area contributed by atoms with E-state index in [1.54, 1.807) is 0 Å². The third kappa shape index (κ3) is 4.56. The molecular formula is C15H20ClN3O2. The number of nitrogens with zero attached hydrogens (tertiary/aromatic N) is 2. The molecule has 5 nitrogen and oxygen atoms in total. The van der Waals surface area contributed by atoms with Crippen LogP contribution in [0.3, 0.4) is 0 Å². The van der Waals surface area contributed by atoms with Gasteiger partial charge in [0.15, 0.2) is 0 Å². The zero-order chi connectivity index (χ0) is 14.7. The van der Waals surface area contributed by atoms with Crippen molar-refractivity contribution in [1.82, 2.24) is 15.3 Å². The average molecular weight is 310 g/mol. The van der Waals surface area contributed by atoms with Crippen molar-refractivity contribution < 1.29 is 9.53 Å². The maximum absolute atomic E-state index is 11.8. The number of nitrogens with one attached hydrogen (secondary N) is 1. The molecule has 1 aromatic rings. The minimum atomic E-state index is 0.128. The second-order valence-corrected chi connectivity index (χ2v) is 6.43. The molecule has 1 aromatic heterocycles. The Morgan fingerprint density at radius 1 is 1.19 bits per heavy atom. The van der Waals surface area contributed by atoms with E-state index in [-0.39, 0.29) is 12.0 Å². The maximum Gasteiger partial charge on any atom is 0.316 e. The Hall–Kier alpha value is -1.36. The van der Waals surface area contributed by atoms with Crippen LogP contribution in [0.1, 0.15) is 44.9 Å². The fourth-order valence-corrected chi connectivity index (χ4v) is 2.80. The molecule has 114 valence electrons. The fourth-order valence-electron chi connectivity index (χ4n) is 2.71. The lowest BCUT2D eigenvalue weighted by atomic mass is 9.93. The van der Waals surface area contributed by atoms with Crippen molar-refractivity contribution in [1.29, 1.82) is 0 Å². The van der Waals surface area contributed by atoms with Crippen LogP contribution < -0.4 is 10.1 Å². The number of aromatic nitrogens is 2. The Morgan fingerprint density at radius 3 is 2.48 bits per heavy atom. The maximum atomic E-state index is 11.8. The smallest absolute Gasteiger partial charge is 0.316 e. The predicted molar refractivity (Wildman–Crippen MR) is 79.2 cm³/mol. The number of carbonyl (C=O) groups is 1. The van der Waals surface area contributed by atoms with E-state index >= 15 is 0 Å². The van der Waals surface area contributed by atoms with Gasteiger partial charge in [-0.05, 0) is 44.4 Å². The van der Waals surface area contributed by atoms with Crippen molar-refractivity contribution in [3.05, 3.63) is 17.4 Å². The van der Waals surface area contributed by atoms with Crippen LogP contribution in [0.5, 0.6) is 6.01 Å². The lowest BCUT2D eigenvalue weighted by molar-refractivity contribution is -0.122. The summed E-state index contributed by atoms with van der Waals surface area (Å²) in [7, 11) is 0. The molecule has 2 aliphatic carbocycles. The van der Waals surface area contributed by atoms with Gasteiger partial charge in [-0.3, -0.25) is 4.79 Å². The summed E-state index contributed by atoms with van der Waals surface area (Å²) < 4.78 is 5.74.